The molecular weight excluding hydrogens is 342 g/mol. The van der Waals surface area contributed by atoms with Crippen molar-refractivity contribution in [2.24, 2.45) is 0 Å². The van der Waals surface area contributed by atoms with E-state index in [1.54, 1.807) is 11.0 Å². The van der Waals surface area contributed by atoms with E-state index in [4.69, 9.17) is 16.3 Å². The average Bonchev–Trinajstić information content (AvgIpc) is 2.82. The number of nitrogens with zero attached hydrogens (tertiary/aromatic N) is 1. The quantitative estimate of drug-likeness (QED) is 0.898. The number of carbonyl (C=O) groups excluding carboxylic acids is 1. The monoisotopic (exact) mass is 359 g/mol. The highest BCUT2D eigenvalue weighted by atomic mass is 35.5. The smallest absolute Gasteiger partial charge is 0.339 e. The third kappa shape index (κ3) is 3.46. The van der Waals surface area contributed by atoms with Crippen LogP contribution >= 0.6 is 11.6 Å². The van der Waals surface area contributed by atoms with Crippen molar-refractivity contribution in [3.05, 3.63) is 58.1 Å². The van der Waals surface area contributed by atoms with Gasteiger partial charge in [-0.1, -0.05) is 11.6 Å². The van der Waals surface area contributed by atoms with Crippen LogP contribution < -0.4 is 9.64 Å². The van der Waals surface area contributed by atoms with E-state index >= 15 is 0 Å². The first-order chi connectivity index (χ1) is 12.0. The van der Waals surface area contributed by atoms with Gasteiger partial charge in [0, 0.05) is 22.8 Å². The summed E-state index contributed by atoms with van der Waals surface area (Å²) in [4.78, 5) is 26.0. The molecule has 0 bridgehead atoms. The van der Waals surface area contributed by atoms with Crippen molar-refractivity contribution in [3.63, 3.8) is 0 Å². The molecule has 0 unspecified atom stereocenters. The summed E-state index contributed by atoms with van der Waals surface area (Å²) in [5.74, 6) is -1.10. The SMILES string of the molecule is COc1cc(C(=O)N2CCCCc3cc(Cl)ccc32)ccc1C(=O)O. The van der Waals surface area contributed by atoms with Crippen LogP contribution in [0.3, 0.4) is 0 Å². The molecular formula is C19H18ClNO4. The Morgan fingerprint density at radius 2 is 1.96 bits per heavy atom. The van der Waals surface area contributed by atoms with Crippen molar-refractivity contribution in [2.45, 2.75) is 19.3 Å². The van der Waals surface area contributed by atoms with E-state index in [-0.39, 0.29) is 17.2 Å². The second-order valence-corrected chi connectivity index (χ2v) is 6.34. The number of anilines is 1. The number of hydrogen-bond donors (Lipinski definition) is 1. The molecule has 0 radical (unpaired) electrons. The highest BCUT2D eigenvalue weighted by molar-refractivity contribution is 6.30. The molecule has 1 heterocycles. The Morgan fingerprint density at radius 1 is 1.16 bits per heavy atom. The number of fused-ring (bicyclic) bond motifs is 1. The number of methoxy groups -OCH3 is 1. The van der Waals surface area contributed by atoms with Gasteiger partial charge < -0.3 is 14.7 Å². The van der Waals surface area contributed by atoms with Gasteiger partial charge in [0.05, 0.1) is 7.11 Å². The molecule has 6 heteroatoms. The predicted octanol–water partition coefficient (Wildman–Crippen LogP) is 4.03. The Balaban J connectivity index is 2.00. The van der Waals surface area contributed by atoms with Crippen molar-refractivity contribution in [3.8, 4) is 5.75 Å². The molecule has 1 aliphatic rings. The summed E-state index contributed by atoms with van der Waals surface area (Å²) in [6.45, 7) is 0.608. The molecule has 1 amide bonds. The fraction of sp³-hybridized carbons (Fsp3) is 0.263. The maximum atomic E-state index is 13.0. The van der Waals surface area contributed by atoms with Crippen LogP contribution in [0.15, 0.2) is 36.4 Å². The van der Waals surface area contributed by atoms with Gasteiger partial charge in [-0.05, 0) is 61.2 Å². The van der Waals surface area contributed by atoms with E-state index < -0.39 is 5.97 Å². The lowest BCUT2D eigenvalue weighted by molar-refractivity contribution is 0.0692. The second-order valence-electron chi connectivity index (χ2n) is 5.91. The van der Waals surface area contributed by atoms with E-state index in [0.29, 0.717) is 17.1 Å². The van der Waals surface area contributed by atoms with Crippen LogP contribution in [0.1, 0.15) is 39.1 Å². The maximum absolute atomic E-state index is 13.0. The summed E-state index contributed by atoms with van der Waals surface area (Å²) in [5.41, 5.74) is 2.33. The number of rotatable bonds is 3. The molecule has 1 aliphatic heterocycles. The van der Waals surface area contributed by atoms with E-state index in [9.17, 15) is 14.7 Å². The van der Waals surface area contributed by atoms with Crippen molar-refractivity contribution in [2.75, 3.05) is 18.6 Å². The number of amides is 1. The zero-order chi connectivity index (χ0) is 18.0. The van der Waals surface area contributed by atoms with Crippen LogP contribution in [0.25, 0.3) is 0 Å². The minimum atomic E-state index is -1.09. The number of carboxylic acid groups (broad SMARTS) is 1. The highest BCUT2D eigenvalue weighted by Gasteiger charge is 2.24. The molecule has 0 atom stereocenters. The van der Waals surface area contributed by atoms with E-state index in [2.05, 4.69) is 0 Å². The lowest BCUT2D eigenvalue weighted by Gasteiger charge is -2.23. The summed E-state index contributed by atoms with van der Waals surface area (Å²) < 4.78 is 5.13. The maximum Gasteiger partial charge on any atom is 0.339 e. The second kappa shape index (κ2) is 7.15. The molecule has 0 saturated heterocycles. The largest absolute Gasteiger partial charge is 0.496 e. The van der Waals surface area contributed by atoms with Crippen LogP contribution in [-0.4, -0.2) is 30.6 Å². The third-order valence-electron chi connectivity index (χ3n) is 4.33. The lowest BCUT2D eigenvalue weighted by atomic mass is 10.1. The molecule has 3 rings (SSSR count). The summed E-state index contributed by atoms with van der Waals surface area (Å²) in [7, 11) is 1.39. The zero-order valence-electron chi connectivity index (χ0n) is 13.8. The number of aryl methyl sites for hydroxylation is 1. The van der Waals surface area contributed by atoms with Gasteiger partial charge in [0.1, 0.15) is 11.3 Å². The van der Waals surface area contributed by atoms with E-state index in [1.165, 1.54) is 25.3 Å². The summed E-state index contributed by atoms with van der Waals surface area (Å²) >= 11 is 6.09. The van der Waals surface area contributed by atoms with Crippen LogP contribution in [0.2, 0.25) is 5.02 Å². The Morgan fingerprint density at radius 3 is 2.68 bits per heavy atom. The summed E-state index contributed by atoms with van der Waals surface area (Å²) in [5, 5.41) is 9.83. The number of halogens is 1. The first-order valence-corrected chi connectivity index (χ1v) is 8.40. The minimum Gasteiger partial charge on any atom is -0.496 e. The molecule has 0 aromatic heterocycles. The number of benzene rings is 2. The first-order valence-electron chi connectivity index (χ1n) is 8.03. The van der Waals surface area contributed by atoms with E-state index in [0.717, 1.165) is 30.5 Å². The molecule has 0 saturated carbocycles. The topological polar surface area (TPSA) is 66.8 Å². The number of ether oxygens (including phenoxy) is 1. The number of aromatic carboxylic acids is 1. The molecule has 25 heavy (non-hydrogen) atoms. The van der Waals surface area contributed by atoms with Crippen molar-refractivity contribution < 1.29 is 19.4 Å². The van der Waals surface area contributed by atoms with Gasteiger partial charge in [0.25, 0.3) is 5.91 Å². The minimum absolute atomic E-state index is 0.0297. The Kier molecular flexibility index (Phi) is 4.95. The van der Waals surface area contributed by atoms with Gasteiger partial charge in [-0.15, -0.1) is 0 Å². The summed E-state index contributed by atoms with van der Waals surface area (Å²) in [6.07, 6.45) is 2.75. The van der Waals surface area contributed by atoms with Crippen LogP contribution in [0, 0.1) is 0 Å². The van der Waals surface area contributed by atoms with Crippen LogP contribution in [0.5, 0.6) is 5.75 Å². The highest BCUT2D eigenvalue weighted by Crippen LogP contribution is 2.31. The van der Waals surface area contributed by atoms with Gasteiger partial charge >= 0.3 is 5.97 Å². The van der Waals surface area contributed by atoms with Gasteiger partial charge in [-0.25, -0.2) is 4.79 Å². The van der Waals surface area contributed by atoms with Crippen molar-refractivity contribution >= 4 is 29.2 Å². The molecule has 0 fully saturated rings. The van der Waals surface area contributed by atoms with Gasteiger partial charge in [-0.3, -0.25) is 4.79 Å². The number of carbonyl (C=O) groups is 2. The Bertz CT molecular complexity index is 834. The number of carboxylic acids is 1. The average molecular weight is 360 g/mol. The van der Waals surface area contributed by atoms with Crippen molar-refractivity contribution in [1.29, 1.82) is 0 Å². The van der Waals surface area contributed by atoms with Gasteiger partial charge in [0.2, 0.25) is 0 Å². The number of hydrogen-bond acceptors (Lipinski definition) is 3. The van der Waals surface area contributed by atoms with Crippen LogP contribution in [-0.2, 0) is 6.42 Å². The molecule has 0 spiro atoms. The molecule has 1 N–H and O–H groups in total. The van der Waals surface area contributed by atoms with Gasteiger partial charge in [0.15, 0.2) is 0 Å². The Hall–Kier alpha value is -2.53. The van der Waals surface area contributed by atoms with E-state index in [1.807, 2.05) is 12.1 Å². The van der Waals surface area contributed by atoms with Crippen LogP contribution in [0.4, 0.5) is 5.69 Å². The molecule has 0 aliphatic carbocycles. The fourth-order valence-electron chi connectivity index (χ4n) is 3.09. The normalized spacial score (nSPS) is 13.8. The molecule has 2 aromatic rings. The lowest BCUT2D eigenvalue weighted by Crippen LogP contribution is -2.31. The predicted molar refractivity (Wildman–Crippen MR) is 96.0 cm³/mol. The zero-order valence-corrected chi connectivity index (χ0v) is 14.5. The molecule has 5 nitrogen and oxygen atoms in total. The Labute approximate surface area is 150 Å². The summed E-state index contributed by atoms with van der Waals surface area (Å²) in [6, 6.07) is 9.94. The fourth-order valence-corrected chi connectivity index (χ4v) is 3.29. The van der Waals surface area contributed by atoms with Gasteiger partial charge in [-0.2, -0.15) is 0 Å². The molecule has 2 aromatic carbocycles. The first kappa shape index (κ1) is 17.3. The van der Waals surface area contributed by atoms with Crippen molar-refractivity contribution in [1.82, 2.24) is 0 Å². The standard InChI is InChI=1S/C19H18ClNO4/c1-25-17-11-13(5-7-15(17)19(23)24)18(22)21-9-3-2-4-12-10-14(20)6-8-16(12)21/h5-8,10-11H,2-4,9H2,1H3,(H,23,24). The molecule has 130 valence electrons. The third-order valence-corrected chi connectivity index (χ3v) is 4.57.